The monoisotopic (exact) mass is 314 g/mol. The number of hydrogen-bond acceptors (Lipinski definition) is 6. The van der Waals surface area contributed by atoms with Crippen LogP contribution in [0.3, 0.4) is 0 Å². The first-order valence-corrected chi connectivity index (χ1v) is 7.35. The molecule has 2 heterocycles. The van der Waals surface area contributed by atoms with Crippen molar-refractivity contribution in [3.8, 4) is 0 Å². The first-order valence-electron chi connectivity index (χ1n) is 7.35. The summed E-state index contributed by atoms with van der Waals surface area (Å²) < 4.78 is 11.7. The highest BCUT2D eigenvalue weighted by Gasteiger charge is 2.34. The zero-order valence-corrected chi connectivity index (χ0v) is 12.7. The molecule has 0 aromatic carbocycles. The van der Waals surface area contributed by atoms with Gasteiger partial charge in [0.2, 0.25) is 0 Å². The summed E-state index contributed by atoms with van der Waals surface area (Å²) in [4.78, 5) is 26.0. The zero-order valence-electron chi connectivity index (χ0n) is 12.7. The van der Waals surface area contributed by atoms with Crippen LogP contribution in [0.25, 0.3) is 0 Å². The Bertz CT molecular complexity index is 610. The number of H-pyrrole nitrogens is 1. The lowest BCUT2D eigenvalue weighted by Gasteiger charge is -2.16. The van der Waals surface area contributed by atoms with E-state index >= 15 is 0 Å². The Balaban J connectivity index is 2.22. The van der Waals surface area contributed by atoms with Crippen LogP contribution in [0.4, 0.5) is 0 Å². The van der Waals surface area contributed by atoms with Crippen LogP contribution in [0.1, 0.15) is 38.0 Å². The Morgan fingerprint density at radius 3 is 2.86 bits per heavy atom. The number of hydrogen-bond donors (Lipinski definition) is 3. The molecule has 0 spiro atoms. The van der Waals surface area contributed by atoms with Crippen molar-refractivity contribution in [2.24, 2.45) is 0 Å². The molecular formula is C14H22N2O6. The van der Waals surface area contributed by atoms with Gasteiger partial charge in [-0.3, -0.25) is 14.3 Å². The number of aromatic amines is 1. The maximum atomic E-state index is 11.9. The number of nitrogens with zero attached hydrogens (tertiary/aromatic N) is 1. The number of aliphatic hydroxyl groups is 2. The van der Waals surface area contributed by atoms with Gasteiger partial charge in [-0.05, 0) is 12.8 Å². The number of rotatable bonds is 6. The fraction of sp³-hybridized carbons (Fsp3) is 0.714. The van der Waals surface area contributed by atoms with Crippen molar-refractivity contribution in [2.75, 3.05) is 7.11 Å². The average Bonchev–Trinajstić information content (AvgIpc) is 2.86. The second-order valence-electron chi connectivity index (χ2n) is 5.39. The smallest absolute Gasteiger partial charge is 0.330 e. The van der Waals surface area contributed by atoms with Crippen molar-refractivity contribution in [3.05, 3.63) is 32.6 Å². The third-order valence-corrected chi connectivity index (χ3v) is 3.89. The molecule has 4 atom stereocenters. The molecule has 1 aromatic heterocycles. The van der Waals surface area contributed by atoms with Gasteiger partial charge in [-0.2, -0.15) is 0 Å². The van der Waals surface area contributed by atoms with Gasteiger partial charge in [0.05, 0.1) is 12.2 Å². The molecule has 3 N–H and O–H groups in total. The second kappa shape index (κ2) is 7.19. The number of aryl methyl sites for hydroxylation is 1. The third kappa shape index (κ3) is 3.64. The van der Waals surface area contributed by atoms with Crippen LogP contribution in [-0.2, 0) is 15.9 Å². The fourth-order valence-electron chi connectivity index (χ4n) is 2.57. The number of methoxy groups -OCH3 is 1. The van der Waals surface area contributed by atoms with Gasteiger partial charge in [0.1, 0.15) is 6.23 Å². The molecule has 0 aliphatic carbocycles. The number of aromatic nitrogens is 2. The molecular weight excluding hydrogens is 292 g/mol. The van der Waals surface area contributed by atoms with Crippen LogP contribution in [-0.4, -0.2) is 45.4 Å². The van der Waals surface area contributed by atoms with Crippen LogP contribution < -0.4 is 11.2 Å². The molecule has 0 saturated carbocycles. The molecule has 2 unspecified atom stereocenters. The molecule has 124 valence electrons. The number of nitrogens with one attached hydrogen (secondary N) is 1. The van der Waals surface area contributed by atoms with Gasteiger partial charge >= 0.3 is 5.69 Å². The normalized spacial score (nSPS) is 26.3. The lowest BCUT2D eigenvalue weighted by molar-refractivity contribution is -0.0778. The van der Waals surface area contributed by atoms with Gasteiger partial charge in [0.25, 0.3) is 5.56 Å². The summed E-state index contributed by atoms with van der Waals surface area (Å²) in [6.07, 6.45) is 0.353. The van der Waals surface area contributed by atoms with E-state index in [9.17, 15) is 19.8 Å². The molecule has 1 aromatic rings. The predicted octanol–water partition coefficient (Wildman–Crippen LogP) is -0.508. The van der Waals surface area contributed by atoms with Crippen LogP contribution in [0.5, 0.6) is 0 Å². The van der Waals surface area contributed by atoms with Gasteiger partial charge in [0.15, 0.2) is 6.29 Å². The first-order chi connectivity index (χ1) is 10.5. The van der Waals surface area contributed by atoms with E-state index < -0.39 is 29.9 Å². The molecule has 1 aliphatic rings. The molecule has 0 amide bonds. The zero-order chi connectivity index (χ0) is 16.3. The van der Waals surface area contributed by atoms with Gasteiger partial charge in [-0.1, -0.05) is 6.92 Å². The van der Waals surface area contributed by atoms with Crippen molar-refractivity contribution in [1.29, 1.82) is 0 Å². The Morgan fingerprint density at radius 1 is 1.55 bits per heavy atom. The fourth-order valence-corrected chi connectivity index (χ4v) is 2.57. The minimum atomic E-state index is -0.964. The van der Waals surface area contributed by atoms with Crippen molar-refractivity contribution in [3.63, 3.8) is 0 Å². The summed E-state index contributed by atoms with van der Waals surface area (Å²) in [5.74, 6) is 0. The highest BCUT2D eigenvalue weighted by molar-refractivity contribution is 5.05. The maximum Gasteiger partial charge on any atom is 0.330 e. The van der Waals surface area contributed by atoms with E-state index in [-0.39, 0.29) is 18.9 Å². The van der Waals surface area contributed by atoms with Gasteiger partial charge in [-0.25, -0.2) is 4.79 Å². The summed E-state index contributed by atoms with van der Waals surface area (Å²) in [5.41, 5.74) is -0.709. The summed E-state index contributed by atoms with van der Waals surface area (Å²) >= 11 is 0. The minimum Gasteiger partial charge on any atom is -0.390 e. The molecule has 1 fully saturated rings. The van der Waals surface area contributed by atoms with E-state index in [4.69, 9.17) is 9.47 Å². The number of aliphatic hydroxyl groups excluding tert-OH is 2. The predicted molar refractivity (Wildman–Crippen MR) is 77.5 cm³/mol. The number of ether oxygens (including phenoxy) is 2. The standard InChI is InChI=1S/C14H22N2O6/c1-3-10-9(17)6-11(22-10)16-7-8(4-5-12(18)21-2)13(19)15-14(16)20/h7,9-12,17-18H,3-6H2,1-2H3,(H,15,19,20)/t9?,10-,11-,12?/m1/s1. The highest BCUT2D eigenvalue weighted by Crippen LogP contribution is 2.29. The third-order valence-electron chi connectivity index (χ3n) is 3.89. The topological polar surface area (TPSA) is 114 Å². The van der Waals surface area contributed by atoms with Crippen molar-refractivity contribution in [2.45, 2.75) is 57.3 Å². The first kappa shape index (κ1) is 16.9. The summed E-state index contributed by atoms with van der Waals surface area (Å²) in [6, 6.07) is 0. The van der Waals surface area contributed by atoms with Gasteiger partial charge in [-0.15, -0.1) is 0 Å². The van der Waals surface area contributed by atoms with Crippen molar-refractivity contribution < 1.29 is 19.7 Å². The molecule has 0 bridgehead atoms. The van der Waals surface area contributed by atoms with E-state index in [0.717, 1.165) is 0 Å². The van der Waals surface area contributed by atoms with E-state index in [1.165, 1.54) is 17.9 Å². The van der Waals surface area contributed by atoms with Gasteiger partial charge in [0, 0.05) is 31.7 Å². The van der Waals surface area contributed by atoms with E-state index in [1.807, 2.05) is 6.92 Å². The largest absolute Gasteiger partial charge is 0.390 e. The lowest BCUT2D eigenvalue weighted by atomic mass is 10.1. The molecule has 0 radical (unpaired) electrons. The van der Waals surface area contributed by atoms with E-state index in [1.54, 1.807) is 0 Å². The SMILES string of the molecule is CC[C@H]1O[C@@H](n2cc(CCC(O)OC)c(=O)[nH]c2=O)CC1O. The quantitative estimate of drug-likeness (QED) is 0.610. The van der Waals surface area contributed by atoms with E-state index in [2.05, 4.69) is 4.98 Å². The van der Waals surface area contributed by atoms with Crippen LogP contribution in [0.2, 0.25) is 0 Å². The summed E-state index contributed by atoms with van der Waals surface area (Å²) in [5, 5.41) is 19.3. The highest BCUT2D eigenvalue weighted by atomic mass is 16.6. The van der Waals surface area contributed by atoms with Gasteiger partial charge < -0.3 is 19.7 Å². The van der Waals surface area contributed by atoms with Crippen LogP contribution >= 0.6 is 0 Å². The Labute approximate surface area is 127 Å². The lowest BCUT2D eigenvalue weighted by Crippen LogP contribution is -2.34. The van der Waals surface area contributed by atoms with Crippen LogP contribution in [0.15, 0.2) is 15.8 Å². The molecule has 22 heavy (non-hydrogen) atoms. The molecule has 8 nitrogen and oxygen atoms in total. The average molecular weight is 314 g/mol. The van der Waals surface area contributed by atoms with Crippen molar-refractivity contribution >= 4 is 0 Å². The molecule has 2 rings (SSSR count). The maximum absolute atomic E-state index is 11.9. The molecule has 1 saturated heterocycles. The van der Waals surface area contributed by atoms with E-state index in [0.29, 0.717) is 18.4 Å². The Morgan fingerprint density at radius 2 is 2.27 bits per heavy atom. The summed E-state index contributed by atoms with van der Waals surface area (Å²) in [6.45, 7) is 1.89. The van der Waals surface area contributed by atoms with Crippen LogP contribution in [0, 0.1) is 0 Å². The second-order valence-corrected chi connectivity index (χ2v) is 5.39. The summed E-state index contributed by atoms with van der Waals surface area (Å²) in [7, 11) is 1.37. The Hall–Kier alpha value is -1.48. The van der Waals surface area contributed by atoms with Crippen molar-refractivity contribution in [1.82, 2.24) is 9.55 Å². The Kier molecular flexibility index (Phi) is 5.52. The minimum absolute atomic E-state index is 0.240. The molecule has 8 heteroatoms. The molecule has 1 aliphatic heterocycles.